The molecule has 0 unspecified atom stereocenters. The number of hydrogen-bond acceptors (Lipinski definition) is 5. The number of aromatic nitrogens is 1. The number of aryl methyl sites for hydroxylation is 2. The first kappa shape index (κ1) is 19.4. The lowest BCUT2D eigenvalue weighted by atomic mass is 10.1. The van der Waals surface area contributed by atoms with Gasteiger partial charge in [-0.05, 0) is 61.9 Å². The van der Waals surface area contributed by atoms with Crippen LogP contribution < -0.4 is 15.7 Å². The smallest absolute Gasteiger partial charge is 0.347 e. The third-order valence-corrected chi connectivity index (χ3v) is 4.64. The molecular weight excluding hydrogens is 380 g/mol. The van der Waals surface area contributed by atoms with Crippen LogP contribution in [0.2, 0.25) is 0 Å². The average Bonchev–Trinajstić information content (AvgIpc) is 2.73. The topological polar surface area (TPSA) is 81.4 Å². The highest BCUT2D eigenvalue weighted by Gasteiger charge is 2.10. The number of hydrogen-bond donors (Lipinski definition) is 1. The fourth-order valence-corrected chi connectivity index (χ4v) is 3.14. The van der Waals surface area contributed by atoms with Crippen LogP contribution in [0.3, 0.4) is 0 Å². The second-order valence-electron chi connectivity index (χ2n) is 7.01. The molecular formula is C24H20N2O4. The summed E-state index contributed by atoms with van der Waals surface area (Å²) >= 11 is 0. The van der Waals surface area contributed by atoms with E-state index in [-0.39, 0.29) is 18.4 Å². The van der Waals surface area contributed by atoms with E-state index < -0.39 is 5.63 Å². The van der Waals surface area contributed by atoms with Crippen molar-refractivity contribution in [3.63, 3.8) is 0 Å². The number of nitrogens with one attached hydrogen (secondary N) is 1. The molecule has 0 saturated heterocycles. The van der Waals surface area contributed by atoms with E-state index in [9.17, 15) is 9.59 Å². The molecule has 0 bridgehead atoms. The summed E-state index contributed by atoms with van der Waals surface area (Å²) in [6.07, 6.45) is 0. The zero-order valence-corrected chi connectivity index (χ0v) is 16.6. The standard InChI is InChI=1S/C24H20N2O4/c1-15-7-12-21(16(2)13-15)29-14-22(27)25-18-10-8-17(9-11-18)23-26-20-6-4-3-5-19(20)24(28)30-23/h3-13H,14H2,1-2H3,(H,25,27). The Balaban J connectivity index is 1.43. The highest BCUT2D eigenvalue weighted by molar-refractivity contribution is 5.92. The minimum atomic E-state index is -0.434. The Morgan fingerprint density at radius 1 is 1.03 bits per heavy atom. The molecule has 0 aliphatic carbocycles. The Morgan fingerprint density at radius 3 is 2.57 bits per heavy atom. The summed E-state index contributed by atoms with van der Waals surface area (Å²) in [7, 11) is 0. The normalized spacial score (nSPS) is 10.7. The third-order valence-electron chi connectivity index (χ3n) is 4.64. The Hall–Kier alpha value is -3.93. The van der Waals surface area contributed by atoms with Crippen molar-refractivity contribution in [1.82, 2.24) is 4.98 Å². The van der Waals surface area contributed by atoms with Crippen LogP contribution in [0.15, 0.2) is 75.9 Å². The van der Waals surface area contributed by atoms with Gasteiger partial charge in [-0.2, -0.15) is 0 Å². The van der Waals surface area contributed by atoms with Gasteiger partial charge >= 0.3 is 5.63 Å². The summed E-state index contributed by atoms with van der Waals surface area (Å²) in [6.45, 7) is 3.86. The summed E-state index contributed by atoms with van der Waals surface area (Å²) in [5.41, 5.74) is 3.51. The fourth-order valence-electron chi connectivity index (χ4n) is 3.14. The summed E-state index contributed by atoms with van der Waals surface area (Å²) in [5.74, 6) is 0.649. The molecule has 4 rings (SSSR count). The third kappa shape index (κ3) is 4.22. The van der Waals surface area contributed by atoms with Gasteiger partial charge in [-0.15, -0.1) is 0 Å². The monoisotopic (exact) mass is 400 g/mol. The van der Waals surface area contributed by atoms with Gasteiger partial charge in [0.2, 0.25) is 5.89 Å². The molecule has 1 N–H and O–H groups in total. The zero-order valence-electron chi connectivity index (χ0n) is 16.6. The van der Waals surface area contributed by atoms with Gasteiger partial charge in [0.05, 0.1) is 10.9 Å². The van der Waals surface area contributed by atoms with E-state index in [4.69, 9.17) is 9.15 Å². The first-order valence-electron chi connectivity index (χ1n) is 9.50. The van der Waals surface area contributed by atoms with E-state index in [1.54, 1.807) is 42.5 Å². The molecule has 0 radical (unpaired) electrons. The summed E-state index contributed by atoms with van der Waals surface area (Å²) in [6, 6.07) is 19.8. The van der Waals surface area contributed by atoms with Gasteiger partial charge in [-0.3, -0.25) is 4.79 Å². The zero-order chi connectivity index (χ0) is 21.1. The number of benzene rings is 3. The van der Waals surface area contributed by atoms with Crippen LogP contribution in [-0.4, -0.2) is 17.5 Å². The first-order valence-corrected chi connectivity index (χ1v) is 9.50. The Morgan fingerprint density at radius 2 is 1.80 bits per heavy atom. The lowest BCUT2D eigenvalue weighted by Gasteiger charge is -2.10. The molecule has 6 heteroatoms. The van der Waals surface area contributed by atoms with E-state index in [2.05, 4.69) is 10.3 Å². The molecule has 0 aliphatic rings. The van der Waals surface area contributed by atoms with Gasteiger partial charge in [-0.1, -0.05) is 29.8 Å². The largest absolute Gasteiger partial charge is 0.483 e. The lowest BCUT2D eigenvalue weighted by molar-refractivity contribution is -0.118. The van der Waals surface area contributed by atoms with E-state index in [0.717, 1.165) is 11.1 Å². The predicted octanol–water partition coefficient (Wildman–Crippen LogP) is 4.49. The molecule has 6 nitrogen and oxygen atoms in total. The van der Waals surface area contributed by atoms with Crippen molar-refractivity contribution in [3.8, 4) is 17.2 Å². The predicted molar refractivity (Wildman–Crippen MR) is 116 cm³/mol. The highest BCUT2D eigenvalue weighted by atomic mass is 16.5. The maximum atomic E-state index is 12.2. The van der Waals surface area contributed by atoms with Gasteiger partial charge < -0.3 is 14.5 Å². The van der Waals surface area contributed by atoms with Crippen molar-refractivity contribution in [2.75, 3.05) is 11.9 Å². The maximum Gasteiger partial charge on any atom is 0.347 e. The van der Waals surface area contributed by atoms with Crippen LogP contribution in [0.5, 0.6) is 5.75 Å². The van der Waals surface area contributed by atoms with Gasteiger partial charge in [-0.25, -0.2) is 9.78 Å². The van der Waals surface area contributed by atoms with E-state index >= 15 is 0 Å². The van der Waals surface area contributed by atoms with Crippen LogP contribution in [0.4, 0.5) is 5.69 Å². The van der Waals surface area contributed by atoms with E-state index in [0.29, 0.717) is 27.9 Å². The van der Waals surface area contributed by atoms with Crippen molar-refractivity contribution >= 4 is 22.5 Å². The Kier molecular flexibility index (Phi) is 5.30. The summed E-state index contributed by atoms with van der Waals surface area (Å²) in [5, 5.41) is 3.22. The molecule has 0 atom stereocenters. The van der Waals surface area contributed by atoms with Crippen LogP contribution in [0.1, 0.15) is 11.1 Å². The molecule has 30 heavy (non-hydrogen) atoms. The van der Waals surface area contributed by atoms with Crippen molar-refractivity contribution in [3.05, 3.63) is 88.3 Å². The maximum absolute atomic E-state index is 12.2. The van der Waals surface area contributed by atoms with Crippen LogP contribution in [-0.2, 0) is 4.79 Å². The van der Waals surface area contributed by atoms with Crippen molar-refractivity contribution in [1.29, 1.82) is 0 Å². The van der Waals surface area contributed by atoms with Gasteiger partial charge in [0, 0.05) is 11.3 Å². The summed E-state index contributed by atoms with van der Waals surface area (Å²) in [4.78, 5) is 28.7. The average molecular weight is 400 g/mol. The quantitative estimate of drug-likeness (QED) is 0.534. The SMILES string of the molecule is Cc1ccc(OCC(=O)Nc2ccc(-c3nc4ccccc4c(=O)o3)cc2)c(C)c1. The van der Waals surface area contributed by atoms with Crippen LogP contribution >= 0.6 is 0 Å². The second kappa shape index (κ2) is 8.21. The molecule has 0 fully saturated rings. The van der Waals surface area contributed by atoms with Gasteiger partial charge in [0.1, 0.15) is 5.75 Å². The minimum Gasteiger partial charge on any atom is -0.483 e. The van der Waals surface area contributed by atoms with Crippen molar-refractivity contribution in [2.45, 2.75) is 13.8 Å². The first-order chi connectivity index (χ1) is 14.5. The van der Waals surface area contributed by atoms with E-state index in [1.807, 2.05) is 38.1 Å². The Bertz CT molecular complexity index is 1280. The molecule has 1 amide bonds. The van der Waals surface area contributed by atoms with Gasteiger partial charge in [0.25, 0.3) is 5.91 Å². The summed E-state index contributed by atoms with van der Waals surface area (Å²) < 4.78 is 10.9. The molecule has 3 aromatic carbocycles. The minimum absolute atomic E-state index is 0.0905. The number of nitrogens with zero attached hydrogens (tertiary/aromatic N) is 1. The van der Waals surface area contributed by atoms with Gasteiger partial charge in [0.15, 0.2) is 6.61 Å². The number of carbonyl (C=O) groups is 1. The van der Waals surface area contributed by atoms with Crippen LogP contribution in [0, 0.1) is 13.8 Å². The Labute approximate surface area is 173 Å². The number of amides is 1. The number of fused-ring (bicyclic) bond motifs is 1. The molecule has 1 heterocycles. The van der Waals surface area contributed by atoms with Crippen molar-refractivity contribution in [2.24, 2.45) is 0 Å². The number of para-hydroxylation sites is 1. The van der Waals surface area contributed by atoms with Crippen LogP contribution in [0.25, 0.3) is 22.4 Å². The second-order valence-corrected chi connectivity index (χ2v) is 7.01. The number of carbonyl (C=O) groups excluding carboxylic acids is 1. The van der Waals surface area contributed by atoms with Crippen molar-refractivity contribution < 1.29 is 13.9 Å². The number of ether oxygens (including phenoxy) is 1. The fraction of sp³-hybridized carbons (Fsp3) is 0.125. The molecule has 150 valence electrons. The molecule has 1 aromatic heterocycles. The number of anilines is 1. The number of rotatable bonds is 5. The lowest BCUT2D eigenvalue weighted by Crippen LogP contribution is -2.20. The molecule has 0 spiro atoms. The molecule has 0 saturated carbocycles. The van der Waals surface area contributed by atoms with E-state index in [1.165, 1.54) is 0 Å². The highest BCUT2D eigenvalue weighted by Crippen LogP contribution is 2.21. The molecule has 0 aliphatic heterocycles. The molecule has 4 aromatic rings.